The molecule has 0 saturated heterocycles. The zero-order valence-electron chi connectivity index (χ0n) is 22.8. The van der Waals surface area contributed by atoms with Crippen molar-refractivity contribution in [2.24, 2.45) is 10.8 Å². The van der Waals surface area contributed by atoms with Gasteiger partial charge < -0.3 is 14.4 Å². The van der Waals surface area contributed by atoms with Crippen LogP contribution in [0.4, 0.5) is 0 Å². The molecule has 3 aliphatic rings. The van der Waals surface area contributed by atoms with E-state index >= 15 is 0 Å². The van der Waals surface area contributed by atoms with Gasteiger partial charge in [-0.1, -0.05) is 39.3 Å². The second-order valence-electron chi connectivity index (χ2n) is 12.4. The third-order valence-corrected chi connectivity index (χ3v) is 7.63. The number of carbonyl (C=O) groups excluding carboxylic acids is 2. The van der Waals surface area contributed by atoms with E-state index in [9.17, 15) is 9.59 Å². The van der Waals surface area contributed by atoms with Gasteiger partial charge in [-0.05, 0) is 62.1 Å². The molecule has 0 unspecified atom stereocenters. The molecule has 0 aromatic heterocycles. The van der Waals surface area contributed by atoms with Crippen LogP contribution in [0.3, 0.4) is 0 Å². The molecule has 0 amide bonds. The topological polar surface area (TPSA) is 55.8 Å². The monoisotopic (exact) mass is 513 g/mol. The largest absolute Gasteiger partial charge is 0.491 e. The van der Waals surface area contributed by atoms with Crippen molar-refractivity contribution in [2.75, 3.05) is 20.3 Å². The van der Waals surface area contributed by atoms with Crippen molar-refractivity contribution in [2.45, 2.75) is 85.7 Å². The molecule has 6 heteroatoms. The Balaban J connectivity index is 2.00. The third kappa shape index (κ3) is 5.28. The lowest BCUT2D eigenvalue weighted by Gasteiger charge is -2.49. The van der Waals surface area contributed by atoms with Crippen molar-refractivity contribution < 1.29 is 19.1 Å². The summed E-state index contributed by atoms with van der Waals surface area (Å²) in [6, 6.07) is 5.57. The lowest BCUT2D eigenvalue weighted by atomic mass is 9.63. The Morgan fingerprint density at radius 3 is 2.03 bits per heavy atom. The van der Waals surface area contributed by atoms with E-state index in [4.69, 9.17) is 21.1 Å². The molecule has 0 N–H and O–H groups in total. The minimum Gasteiger partial charge on any atom is -0.491 e. The van der Waals surface area contributed by atoms with Crippen LogP contribution in [-0.2, 0) is 14.3 Å². The number of Topliss-reactive ketones (excluding diaryl/α,β-unsaturated/α-hetero) is 2. The lowest BCUT2D eigenvalue weighted by Crippen LogP contribution is -2.45. The standard InChI is InChI=1S/C30H40ClNO4/c1-18(2)36-25-10-9-19(31)13-20(25)26-27-21(14-29(3,4)16-23(27)33)32(11-8-12-35-7)22-15-30(5,6)17-24(34)28(22)26/h9-10,13,18,26H,8,11-12,14-17H2,1-7H3. The summed E-state index contributed by atoms with van der Waals surface area (Å²) in [5.74, 6) is 0.444. The molecule has 0 bridgehead atoms. The molecule has 5 nitrogen and oxygen atoms in total. The minimum atomic E-state index is -0.465. The van der Waals surface area contributed by atoms with Gasteiger partial charge >= 0.3 is 0 Å². The highest BCUT2D eigenvalue weighted by atomic mass is 35.5. The van der Waals surface area contributed by atoms with Gasteiger partial charge in [0.2, 0.25) is 0 Å². The predicted molar refractivity (Wildman–Crippen MR) is 143 cm³/mol. The molecular formula is C30H40ClNO4. The summed E-state index contributed by atoms with van der Waals surface area (Å²) in [4.78, 5) is 30.1. The number of ketones is 2. The lowest BCUT2D eigenvalue weighted by molar-refractivity contribution is -0.119. The van der Waals surface area contributed by atoms with Crippen LogP contribution in [0.1, 0.15) is 85.1 Å². The van der Waals surface area contributed by atoms with Crippen LogP contribution in [0.5, 0.6) is 5.75 Å². The van der Waals surface area contributed by atoms with Crippen LogP contribution in [0, 0.1) is 10.8 Å². The van der Waals surface area contributed by atoms with E-state index in [-0.39, 0.29) is 28.5 Å². The Labute approximate surface area is 220 Å². The molecule has 196 valence electrons. The highest BCUT2D eigenvalue weighted by molar-refractivity contribution is 6.30. The van der Waals surface area contributed by atoms with Crippen molar-refractivity contribution in [1.29, 1.82) is 0 Å². The van der Waals surface area contributed by atoms with E-state index in [0.29, 0.717) is 30.2 Å². The molecule has 1 heterocycles. The summed E-state index contributed by atoms with van der Waals surface area (Å²) in [6.07, 6.45) is 3.24. The van der Waals surface area contributed by atoms with Gasteiger partial charge in [-0.2, -0.15) is 0 Å². The van der Waals surface area contributed by atoms with Crippen molar-refractivity contribution in [1.82, 2.24) is 4.90 Å². The highest BCUT2D eigenvalue weighted by Gasteiger charge is 2.49. The second kappa shape index (κ2) is 9.98. The molecule has 4 rings (SSSR count). The number of nitrogens with zero attached hydrogens (tertiary/aromatic N) is 1. The molecule has 1 aliphatic heterocycles. The third-order valence-electron chi connectivity index (χ3n) is 7.40. The van der Waals surface area contributed by atoms with E-state index in [1.54, 1.807) is 7.11 Å². The van der Waals surface area contributed by atoms with Gasteiger partial charge in [-0.3, -0.25) is 9.59 Å². The van der Waals surface area contributed by atoms with Crippen molar-refractivity contribution in [3.8, 4) is 5.75 Å². The fourth-order valence-electron chi connectivity index (χ4n) is 6.10. The number of halogens is 1. The number of rotatable bonds is 7. The Kier molecular flexibility index (Phi) is 7.47. The molecule has 0 spiro atoms. The van der Waals surface area contributed by atoms with E-state index < -0.39 is 5.92 Å². The van der Waals surface area contributed by atoms with Gasteiger partial charge in [0.25, 0.3) is 0 Å². The summed E-state index contributed by atoms with van der Waals surface area (Å²) in [5, 5.41) is 0.570. The van der Waals surface area contributed by atoms with Crippen LogP contribution in [0.15, 0.2) is 40.7 Å². The zero-order chi connectivity index (χ0) is 26.4. The van der Waals surface area contributed by atoms with Crippen molar-refractivity contribution in [3.05, 3.63) is 51.3 Å². The SMILES string of the molecule is COCCCN1C2=C(C(=O)CC(C)(C)C2)C(c2cc(Cl)ccc2OC(C)C)C2=C1CC(C)(C)CC2=O. The summed E-state index contributed by atoms with van der Waals surface area (Å²) < 4.78 is 11.6. The Morgan fingerprint density at radius 2 is 1.53 bits per heavy atom. The van der Waals surface area contributed by atoms with Gasteiger partial charge in [0.05, 0.1) is 6.10 Å². The molecule has 0 radical (unpaired) electrons. The first-order chi connectivity index (χ1) is 16.8. The molecule has 0 atom stereocenters. The summed E-state index contributed by atoms with van der Waals surface area (Å²) in [6.45, 7) is 13.9. The first-order valence-corrected chi connectivity index (χ1v) is 13.5. The first kappa shape index (κ1) is 26.9. The van der Waals surface area contributed by atoms with Gasteiger partial charge in [0.15, 0.2) is 11.6 Å². The summed E-state index contributed by atoms with van der Waals surface area (Å²) in [5.41, 5.74) is 4.10. The van der Waals surface area contributed by atoms with Crippen LogP contribution in [-0.4, -0.2) is 42.8 Å². The van der Waals surface area contributed by atoms with Crippen LogP contribution < -0.4 is 4.74 Å². The average Bonchev–Trinajstić information content (AvgIpc) is 2.73. The predicted octanol–water partition coefficient (Wildman–Crippen LogP) is 6.85. The number of allylic oxidation sites excluding steroid dienone is 4. The van der Waals surface area contributed by atoms with Crippen LogP contribution in [0.25, 0.3) is 0 Å². The molecule has 1 aromatic rings. The average molecular weight is 514 g/mol. The van der Waals surface area contributed by atoms with E-state index in [1.807, 2.05) is 32.0 Å². The molecule has 0 fully saturated rings. The molecule has 1 aromatic carbocycles. The van der Waals surface area contributed by atoms with Gasteiger partial charge in [0.1, 0.15) is 5.75 Å². The Morgan fingerprint density at radius 1 is 0.972 bits per heavy atom. The normalized spacial score (nSPS) is 21.8. The maximum atomic E-state index is 13.9. The van der Waals surface area contributed by atoms with Gasteiger partial charge in [-0.15, -0.1) is 0 Å². The van der Waals surface area contributed by atoms with Crippen LogP contribution in [0.2, 0.25) is 5.02 Å². The summed E-state index contributed by atoms with van der Waals surface area (Å²) in [7, 11) is 1.71. The molecular weight excluding hydrogens is 474 g/mol. The quantitative estimate of drug-likeness (QED) is 0.373. The number of hydrogen-bond donors (Lipinski definition) is 0. The maximum Gasteiger partial charge on any atom is 0.162 e. The van der Waals surface area contributed by atoms with Crippen LogP contribution >= 0.6 is 11.6 Å². The Hall–Kier alpha value is -2.11. The first-order valence-electron chi connectivity index (χ1n) is 13.1. The molecule has 0 saturated carbocycles. The van der Waals surface area contributed by atoms with E-state index in [1.165, 1.54) is 0 Å². The second-order valence-corrected chi connectivity index (χ2v) is 12.8. The number of benzene rings is 1. The number of methoxy groups -OCH3 is 1. The smallest absolute Gasteiger partial charge is 0.162 e. The fraction of sp³-hybridized carbons (Fsp3) is 0.600. The van der Waals surface area contributed by atoms with E-state index in [2.05, 4.69) is 32.6 Å². The fourth-order valence-corrected chi connectivity index (χ4v) is 6.28. The van der Waals surface area contributed by atoms with Crippen molar-refractivity contribution >= 4 is 23.2 Å². The highest BCUT2D eigenvalue weighted by Crippen LogP contribution is 2.55. The Bertz CT molecular complexity index is 1070. The maximum absolute atomic E-state index is 13.9. The molecule has 36 heavy (non-hydrogen) atoms. The van der Waals surface area contributed by atoms with Gasteiger partial charge in [-0.25, -0.2) is 0 Å². The van der Waals surface area contributed by atoms with E-state index in [0.717, 1.165) is 53.9 Å². The van der Waals surface area contributed by atoms with Gasteiger partial charge in [0, 0.05) is 72.1 Å². The minimum absolute atomic E-state index is 0.0528. The summed E-state index contributed by atoms with van der Waals surface area (Å²) >= 11 is 6.52. The zero-order valence-corrected chi connectivity index (χ0v) is 23.6. The van der Waals surface area contributed by atoms with Crippen molar-refractivity contribution in [3.63, 3.8) is 0 Å². The number of hydrogen-bond acceptors (Lipinski definition) is 5. The number of carbonyl (C=O) groups is 2. The number of ether oxygens (including phenoxy) is 2. The molecule has 2 aliphatic carbocycles.